The van der Waals surface area contributed by atoms with Gasteiger partial charge in [-0.1, -0.05) is 25.1 Å². The quantitative estimate of drug-likeness (QED) is 0.871. The molecule has 0 bridgehead atoms. The monoisotopic (exact) mass is 247 g/mol. The lowest BCUT2D eigenvalue weighted by molar-refractivity contribution is -0.132. The maximum absolute atomic E-state index is 12.0. The van der Waals surface area contributed by atoms with E-state index in [2.05, 4.69) is 12.2 Å². The minimum Gasteiger partial charge on any atom is -0.480 e. The third kappa shape index (κ3) is 2.08. The smallest absolute Gasteiger partial charge is 0.261 e. The number of ether oxygens (including phenoxy) is 2. The summed E-state index contributed by atoms with van der Waals surface area (Å²) in [5.74, 6) is 0.801. The molecule has 2 heterocycles. The Balaban J connectivity index is 1.56. The second-order valence-corrected chi connectivity index (χ2v) is 5.44. The molecule has 3 rings (SSSR count). The van der Waals surface area contributed by atoms with Crippen LogP contribution in [0.5, 0.6) is 5.75 Å². The normalized spacial score (nSPS) is 23.7. The highest BCUT2D eigenvalue weighted by Crippen LogP contribution is 2.29. The molecule has 1 aromatic rings. The SMILES string of the molecule is CC1(CNC(=O)C2Cc3ccccc3O2)COC1. The van der Waals surface area contributed by atoms with Crippen molar-refractivity contribution in [3.05, 3.63) is 29.8 Å². The maximum Gasteiger partial charge on any atom is 0.261 e. The van der Waals surface area contributed by atoms with Crippen LogP contribution in [0.3, 0.4) is 0 Å². The number of hydrogen-bond acceptors (Lipinski definition) is 3. The number of carbonyl (C=O) groups is 1. The number of amides is 1. The number of benzene rings is 1. The first-order chi connectivity index (χ1) is 8.66. The Morgan fingerprint density at radius 1 is 1.44 bits per heavy atom. The van der Waals surface area contributed by atoms with Gasteiger partial charge < -0.3 is 14.8 Å². The van der Waals surface area contributed by atoms with Crippen LogP contribution in [0.1, 0.15) is 12.5 Å². The molecule has 1 unspecified atom stereocenters. The molecule has 96 valence electrons. The molecule has 0 aromatic heterocycles. The summed E-state index contributed by atoms with van der Waals surface area (Å²) < 4.78 is 10.8. The fraction of sp³-hybridized carbons (Fsp3) is 0.500. The van der Waals surface area contributed by atoms with Gasteiger partial charge >= 0.3 is 0 Å². The van der Waals surface area contributed by atoms with Crippen LogP contribution in [-0.2, 0) is 16.0 Å². The van der Waals surface area contributed by atoms with Crippen LogP contribution >= 0.6 is 0 Å². The molecule has 1 atom stereocenters. The molecule has 18 heavy (non-hydrogen) atoms. The Kier molecular flexibility index (Phi) is 2.74. The number of para-hydroxylation sites is 1. The van der Waals surface area contributed by atoms with Crippen LogP contribution < -0.4 is 10.1 Å². The first kappa shape index (κ1) is 11.5. The average molecular weight is 247 g/mol. The Bertz CT molecular complexity index is 443. The van der Waals surface area contributed by atoms with Gasteiger partial charge in [0.2, 0.25) is 0 Å². The first-order valence-electron chi connectivity index (χ1n) is 6.26. The van der Waals surface area contributed by atoms with Crippen molar-refractivity contribution >= 4 is 5.91 Å². The van der Waals surface area contributed by atoms with Crippen molar-refractivity contribution < 1.29 is 14.3 Å². The topological polar surface area (TPSA) is 47.6 Å². The van der Waals surface area contributed by atoms with E-state index < -0.39 is 0 Å². The van der Waals surface area contributed by atoms with Gasteiger partial charge in [0.05, 0.1) is 13.2 Å². The Labute approximate surface area is 106 Å². The summed E-state index contributed by atoms with van der Waals surface area (Å²) in [6.07, 6.45) is 0.280. The lowest BCUT2D eigenvalue weighted by Gasteiger charge is -2.38. The van der Waals surface area contributed by atoms with Crippen molar-refractivity contribution in [2.75, 3.05) is 19.8 Å². The van der Waals surface area contributed by atoms with E-state index in [1.807, 2.05) is 24.3 Å². The van der Waals surface area contributed by atoms with E-state index in [-0.39, 0.29) is 17.4 Å². The summed E-state index contributed by atoms with van der Waals surface area (Å²) in [6, 6.07) is 7.80. The molecule has 1 N–H and O–H groups in total. The zero-order valence-electron chi connectivity index (χ0n) is 10.4. The van der Waals surface area contributed by atoms with Gasteiger partial charge in [-0.05, 0) is 11.6 Å². The molecule has 1 aromatic carbocycles. The molecule has 0 radical (unpaired) electrons. The van der Waals surface area contributed by atoms with Gasteiger partial charge in [-0.15, -0.1) is 0 Å². The number of hydrogen-bond donors (Lipinski definition) is 1. The van der Waals surface area contributed by atoms with Crippen molar-refractivity contribution in [3.8, 4) is 5.75 Å². The van der Waals surface area contributed by atoms with Gasteiger partial charge in [-0.2, -0.15) is 0 Å². The summed E-state index contributed by atoms with van der Waals surface area (Å²) in [7, 11) is 0. The molecule has 2 aliphatic rings. The van der Waals surface area contributed by atoms with Crippen LogP contribution in [-0.4, -0.2) is 31.8 Å². The maximum atomic E-state index is 12.0. The van der Waals surface area contributed by atoms with Gasteiger partial charge in [0.15, 0.2) is 6.10 Å². The van der Waals surface area contributed by atoms with E-state index in [4.69, 9.17) is 9.47 Å². The lowest BCUT2D eigenvalue weighted by atomic mass is 9.88. The van der Waals surface area contributed by atoms with Crippen LogP contribution in [0.15, 0.2) is 24.3 Å². The van der Waals surface area contributed by atoms with Gasteiger partial charge in [0.25, 0.3) is 5.91 Å². The van der Waals surface area contributed by atoms with E-state index >= 15 is 0 Å². The Morgan fingerprint density at radius 3 is 2.89 bits per heavy atom. The van der Waals surface area contributed by atoms with E-state index in [9.17, 15) is 4.79 Å². The zero-order valence-corrected chi connectivity index (χ0v) is 10.4. The average Bonchev–Trinajstić information content (AvgIpc) is 2.77. The fourth-order valence-electron chi connectivity index (χ4n) is 2.30. The number of fused-ring (bicyclic) bond motifs is 1. The summed E-state index contributed by atoms with van der Waals surface area (Å²) in [6.45, 7) is 4.21. The molecular formula is C14H17NO3. The molecule has 2 aliphatic heterocycles. The highest BCUT2D eigenvalue weighted by atomic mass is 16.5. The summed E-state index contributed by atoms with van der Waals surface area (Å²) in [4.78, 5) is 12.0. The molecule has 1 saturated heterocycles. The van der Waals surface area contributed by atoms with Gasteiger partial charge in [-0.3, -0.25) is 4.79 Å². The highest BCUT2D eigenvalue weighted by Gasteiger charge is 2.35. The predicted octanol–water partition coefficient (Wildman–Crippen LogP) is 1.14. The number of carbonyl (C=O) groups excluding carboxylic acids is 1. The van der Waals surface area contributed by atoms with Crippen LogP contribution in [0.25, 0.3) is 0 Å². The van der Waals surface area contributed by atoms with E-state index in [0.29, 0.717) is 13.0 Å². The van der Waals surface area contributed by atoms with Crippen molar-refractivity contribution in [3.63, 3.8) is 0 Å². The second kappa shape index (κ2) is 4.28. The van der Waals surface area contributed by atoms with Gasteiger partial charge in [0, 0.05) is 18.4 Å². The molecule has 0 aliphatic carbocycles. The Hall–Kier alpha value is -1.55. The molecular weight excluding hydrogens is 230 g/mol. The van der Waals surface area contributed by atoms with Crippen molar-refractivity contribution in [2.24, 2.45) is 5.41 Å². The standard InChI is InChI=1S/C14H17NO3/c1-14(8-17-9-14)7-15-13(16)12-6-10-4-2-3-5-11(10)18-12/h2-5,12H,6-9H2,1H3,(H,15,16). The highest BCUT2D eigenvalue weighted by molar-refractivity contribution is 5.82. The Morgan fingerprint density at radius 2 is 2.22 bits per heavy atom. The molecule has 1 fully saturated rings. The molecule has 4 nitrogen and oxygen atoms in total. The molecule has 1 amide bonds. The minimum atomic E-state index is -0.382. The first-order valence-corrected chi connectivity index (χ1v) is 6.26. The second-order valence-electron chi connectivity index (χ2n) is 5.44. The predicted molar refractivity (Wildman–Crippen MR) is 66.5 cm³/mol. The fourth-order valence-corrected chi connectivity index (χ4v) is 2.30. The summed E-state index contributed by atoms with van der Waals surface area (Å²) in [5, 5.41) is 2.96. The van der Waals surface area contributed by atoms with E-state index in [1.54, 1.807) is 0 Å². The van der Waals surface area contributed by atoms with Crippen LogP contribution in [0, 0.1) is 5.41 Å². The van der Waals surface area contributed by atoms with E-state index in [0.717, 1.165) is 24.5 Å². The summed E-state index contributed by atoms with van der Waals surface area (Å²) >= 11 is 0. The van der Waals surface area contributed by atoms with Crippen molar-refractivity contribution in [1.82, 2.24) is 5.32 Å². The largest absolute Gasteiger partial charge is 0.480 e. The lowest BCUT2D eigenvalue weighted by Crippen LogP contribution is -2.50. The van der Waals surface area contributed by atoms with E-state index in [1.165, 1.54) is 0 Å². The van der Waals surface area contributed by atoms with Crippen molar-refractivity contribution in [2.45, 2.75) is 19.4 Å². The zero-order chi connectivity index (χ0) is 12.6. The summed E-state index contributed by atoms with van der Waals surface area (Å²) in [5.41, 5.74) is 1.21. The van der Waals surface area contributed by atoms with Crippen LogP contribution in [0.2, 0.25) is 0 Å². The van der Waals surface area contributed by atoms with Crippen LogP contribution in [0.4, 0.5) is 0 Å². The number of rotatable bonds is 3. The van der Waals surface area contributed by atoms with Crippen molar-refractivity contribution in [1.29, 1.82) is 0 Å². The number of nitrogens with one attached hydrogen (secondary N) is 1. The van der Waals surface area contributed by atoms with Gasteiger partial charge in [-0.25, -0.2) is 0 Å². The van der Waals surface area contributed by atoms with Gasteiger partial charge in [0.1, 0.15) is 5.75 Å². The molecule has 4 heteroatoms. The third-order valence-corrected chi connectivity index (χ3v) is 3.53. The minimum absolute atomic E-state index is 0.0284. The third-order valence-electron chi connectivity index (χ3n) is 3.53. The molecule has 0 saturated carbocycles. The molecule has 0 spiro atoms.